The monoisotopic (exact) mass is 218 g/mol. The summed E-state index contributed by atoms with van der Waals surface area (Å²) in [5, 5.41) is 20.0. The third kappa shape index (κ3) is 1.77. The zero-order chi connectivity index (χ0) is 11.5. The predicted molar refractivity (Wildman–Crippen MR) is 54.8 cm³/mol. The number of nitrogens with zero attached hydrogens (tertiary/aromatic N) is 4. The molecule has 0 aliphatic carbocycles. The van der Waals surface area contributed by atoms with Gasteiger partial charge in [0, 0.05) is 0 Å². The van der Waals surface area contributed by atoms with Gasteiger partial charge in [0.2, 0.25) is 0 Å². The van der Waals surface area contributed by atoms with E-state index in [1.54, 1.807) is 31.2 Å². The first-order valence-corrected chi connectivity index (χ1v) is 4.72. The fraction of sp³-hybridized carbons (Fsp3) is 0.200. The largest absolute Gasteiger partial charge is 0.479 e. The van der Waals surface area contributed by atoms with Gasteiger partial charge >= 0.3 is 5.97 Å². The Hall–Kier alpha value is -2.24. The van der Waals surface area contributed by atoms with Gasteiger partial charge in [-0.3, -0.25) is 0 Å². The highest BCUT2D eigenvalue weighted by Crippen LogP contribution is 2.17. The number of hydrogen-bond acceptors (Lipinski definition) is 4. The van der Waals surface area contributed by atoms with Crippen LogP contribution in [0.25, 0.3) is 0 Å². The third-order valence-corrected chi connectivity index (χ3v) is 2.25. The molecule has 0 aliphatic rings. The second-order valence-electron chi connectivity index (χ2n) is 3.32. The third-order valence-electron chi connectivity index (χ3n) is 2.25. The molecule has 1 heterocycles. The summed E-state index contributed by atoms with van der Waals surface area (Å²) < 4.78 is 1.29. The first-order chi connectivity index (χ1) is 7.70. The molecule has 82 valence electrons. The van der Waals surface area contributed by atoms with Gasteiger partial charge in [0.15, 0.2) is 6.04 Å². The fourth-order valence-electron chi connectivity index (χ4n) is 1.50. The molecule has 16 heavy (non-hydrogen) atoms. The van der Waals surface area contributed by atoms with Crippen LogP contribution in [0.15, 0.2) is 30.3 Å². The van der Waals surface area contributed by atoms with Gasteiger partial charge in [0.25, 0.3) is 0 Å². The molecule has 2 aromatic rings. The molecule has 1 N–H and O–H groups in total. The van der Waals surface area contributed by atoms with Gasteiger partial charge in [-0.2, -0.15) is 0 Å². The van der Waals surface area contributed by atoms with Crippen molar-refractivity contribution in [2.45, 2.75) is 13.0 Å². The normalized spacial score (nSPS) is 12.3. The summed E-state index contributed by atoms with van der Waals surface area (Å²) in [5.74, 6) is -0.516. The Kier molecular flexibility index (Phi) is 2.63. The second kappa shape index (κ2) is 4.09. The number of carbonyl (C=O) groups is 1. The minimum Gasteiger partial charge on any atom is -0.479 e. The number of benzene rings is 1. The summed E-state index contributed by atoms with van der Waals surface area (Å²) in [7, 11) is 0. The summed E-state index contributed by atoms with van der Waals surface area (Å²) >= 11 is 0. The molecule has 0 spiro atoms. The molecule has 0 bridgehead atoms. The van der Waals surface area contributed by atoms with Crippen molar-refractivity contribution in [3.8, 4) is 0 Å². The number of hydrogen-bond donors (Lipinski definition) is 1. The molecule has 0 amide bonds. The Morgan fingerprint density at radius 3 is 2.56 bits per heavy atom. The van der Waals surface area contributed by atoms with E-state index in [4.69, 9.17) is 0 Å². The van der Waals surface area contributed by atoms with Crippen LogP contribution in [0.3, 0.4) is 0 Å². The van der Waals surface area contributed by atoms with E-state index in [9.17, 15) is 9.90 Å². The Labute approximate surface area is 91.5 Å². The van der Waals surface area contributed by atoms with Crippen LogP contribution >= 0.6 is 0 Å². The number of rotatable bonds is 3. The Morgan fingerprint density at radius 1 is 1.38 bits per heavy atom. The SMILES string of the molecule is Cc1nnnn1[C@H](C(=O)O)c1ccccc1. The van der Waals surface area contributed by atoms with Crippen LogP contribution in [0.2, 0.25) is 0 Å². The quantitative estimate of drug-likeness (QED) is 0.818. The number of aryl methyl sites for hydroxylation is 1. The van der Waals surface area contributed by atoms with Crippen molar-refractivity contribution in [1.29, 1.82) is 0 Å². The molecule has 0 saturated heterocycles. The minimum absolute atomic E-state index is 0.469. The lowest BCUT2D eigenvalue weighted by Crippen LogP contribution is -2.22. The van der Waals surface area contributed by atoms with Crippen molar-refractivity contribution < 1.29 is 9.90 Å². The van der Waals surface area contributed by atoms with Crippen molar-refractivity contribution in [1.82, 2.24) is 20.2 Å². The van der Waals surface area contributed by atoms with Crippen molar-refractivity contribution in [3.05, 3.63) is 41.7 Å². The number of aliphatic carboxylic acids is 1. The molecule has 0 saturated carbocycles. The fourth-order valence-corrected chi connectivity index (χ4v) is 1.50. The smallest absolute Gasteiger partial charge is 0.333 e. The minimum atomic E-state index is -0.985. The van der Waals surface area contributed by atoms with Crippen LogP contribution in [0.5, 0.6) is 0 Å². The zero-order valence-corrected chi connectivity index (χ0v) is 8.61. The van der Waals surface area contributed by atoms with Gasteiger partial charge in [-0.25, -0.2) is 9.48 Å². The average molecular weight is 218 g/mol. The van der Waals surface area contributed by atoms with Crippen LogP contribution in [-0.2, 0) is 4.79 Å². The van der Waals surface area contributed by atoms with Crippen LogP contribution in [-0.4, -0.2) is 31.3 Å². The molecule has 1 atom stereocenters. The molecule has 1 aromatic carbocycles. The summed E-state index contributed by atoms with van der Waals surface area (Å²) in [5.41, 5.74) is 0.644. The van der Waals surface area contributed by atoms with E-state index in [0.29, 0.717) is 11.4 Å². The van der Waals surface area contributed by atoms with E-state index < -0.39 is 12.0 Å². The maximum absolute atomic E-state index is 11.2. The first-order valence-electron chi connectivity index (χ1n) is 4.72. The highest BCUT2D eigenvalue weighted by molar-refractivity contribution is 5.75. The maximum Gasteiger partial charge on any atom is 0.333 e. The van der Waals surface area contributed by atoms with Gasteiger partial charge in [0.1, 0.15) is 5.82 Å². The Morgan fingerprint density at radius 2 is 2.06 bits per heavy atom. The van der Waals surface area contributed by atoms with E-state index in [-0.39, 0.29) is 0 Å². The van der Waals surface area contributed by atoms with Crippen molar-refractivity contribution in [2.75, 3.05) is 0 Å². The van der Waals surface area contributed by atoms with Crippen molar-refractivity contribution in [2.24, 2.45) is 0 Å². The van der Waals surface area contributed by atoms with E-state index in [2.05, 4.69) is 15.5 Å². The number of carboxylic acids is 1. The van der Waals surface area contributed by atoms with E-state index in [1.165, 1.54) is 4.68 Å². The van der Waals surface area contributed by atoms with Gasteiger partial charge in [-0.1, -0.05) is 30.3 Å². The lowest BCUT2D eigenvalue weighted by Gasteiger charge is -2.12. The van der Waals surface area contributed by atoms with Crippen LogP contribution in [0.1, 0.15) is 17.4 Å². The molecule has 0 aliphatic heterocycles. The lowest BCUT2D eigenvalue weighted by molar-refractivity contribution is -0.139. The molecule has 0 unspecified atom stereocenters. The van der Waals surface area contributed by atoms with E-state index in [1.807, 2.05) is 6.07 Å². The standard InChI is InChI=1S/C10H10N4O2/c1-7-11-12-13-14(7)9(10(15)16)8-5-3-2-4-6-8/h2-6,9H,1H3,(H,15,16)/t9-/m0/s1. The van der Waals surface area contributed by atoms with Crippen LogP contribution < -0.4 is 0 Å². The highest BCUT2D eigenvalue weighted by Gasteiger charge is 2.24. The van der Waals surface area contributed by atoms with Crippen molar-refractivity contribution >= 4 is 5.97 Å². The zero-order valence-electron chi connectivity index (χ0n) is 8.61. The van der Waals surface area contributed by atoms with Crippen molar-refractivity contribution in [3.63, 3.8) is 0 Å². The molecule has 2 rings (SSSR count). The summed E-state index contributed by atoms with van der Waals surface area (Å²) in [4.78, 5) is 11.2. The molecular weight excluding hydrogens is 208 g/mol. The number of tetrazole rings is 1. The Balaban J connectivity index is 2.48. The summed E-state index contributed by atoms with van der Waals surface area (Å²) in [6.45, 7) is 1.67. The van der Waals surface area contributed by atoms with Gasteiger partial charge in [-0.15, -0.1) is 5.10 Å². The van der Waals surface area contributed by atoms with Gasteiger partial charge in [0.05, 0.1) is 0 Å². The topological polar surface area (TPSA) is 80.9 Å². The first kappa shape index (κ1) is 10.3. The maximum atomic E-state index is 11.2. The molecule has 0 radical (unpaired) electrons. The molecular formula is C10H10N4O2. The average Bonchev–Trinajstić information content (AvgIpc) is 2.66. The van der Waals surface area contributed by atoms with Crippen LogP contribution in [0.4, 0.5) is 0 Å². The molecule has 6 heteroatoms. The molecule has 1 aromatic heterocycles. The number of aromatic nitrogens is 4. The van der Waals surface area contributed by atoms with Gasteiger partial charge < -0.3 is 5.11 Å². The summed E-state index contributed by atoms with van der Waals surface area (Å²) in [6, 6.07) is 7.99. The lowest BCUT2D eigenvalue weighted by atomic mass is 10.1. The molecule has 6 nitrogen and oxygen atoms in total. The Bertz CT molecular complexity index is 495. The van der Waals surface area contributed by atoms with E-state index >= 15 is 0 Å². The number of carboxylic acid groups (broad SMARTS) is 1. The predicted octanol–water partition coefficient (Wildman–Crippen LogP) is 0.656. The highest BCUT2D eigenvalue weighted by atomic mass is 16.4. The van der Waals surface area contributed by atoms with E-state index in [0.717, 1.165) is 0 Å². The second-order valence-corrected chi connectivity index (χ2v) is 3.32. The van der Waals surface area contributed by atoms with Crippen LogP contribution in [0, 0.1) is 6.92 Å². The van der Waals surface area contributed by atoms with Gasteiger partial charge in [-0.05, 0) is 22.9 Å². The summed E-state index contributed by atoms with van der Waals surface area (Å²) in [6.07, 6.45) is 0. The molecule has 0 fully saturated rings.